The molecule has 0 atom stereocenters. The first kappa shape index (κ1) is 15.5. The predicted molar refractivity (Wildman–Crippen MR) is 79.9 cm³/mol. The topological polar surface area (TPSA) is 101 Å². The number of nitrogens with one attached hydrogen (secondary N) is 1. The van der Waals surface area contributed by atoms with E-state index < -0.39 is 16.0 Å². The second kappa shape index (κ2) is 5.49. The van der Waals surface area contributed by atoms with Gasteiger partial charge in [-0.15, -0.1) is 0 Å². The van der Waals surface area contributed by atoms with Crippen molar-refractivity contribution in [3.05, 3.63) is 40.3 Å². The Kier molecular flexibility index (Phi) is 4.06. The van der Waals surface area contributed by atoms with Gasteiger partial charge in [0, 0.05) is 23.9 Å². The largest absolute Gasteiger partial charge is 0.477 e. The molecule has 2 N–H and O–H groups in total. The van der Waals surface area contributed by atoms with Gasteiger partial charge in [0.15, 0.2) is 0 Å². The van der Waals surface area contributed by atoms with E-state index in [0.29, 0.717) is 5.56 Å². The van der Waals surface area contributed by atoms with E-state index in [-0.39, 0.29) is 16.4 Å². The van der Waals surface area contributed by atoms with Crippen LogP contribution in [0.1, 0.15) is 16.1 Å². The van der Waals surface area contributed by atoms with Crippen molar-refractivity contribution in [1.29, 1.82) is 0 Å². The van der Waals surface area contributed by atoms with Crippen LogP contribution in [-0.2, 0) is 17.1 Å². The summed E-state index contributed by atoms with van der Waals surface area (Å²) in [6.07, 6.45) is 2.71. The lowest BCUT2D eigenvalue weighted by Gasteiger charge is -2.08. The molecule has 2 heterocycles. The number of rotatable bonds is 4. The van der Waals surface area contributed by atoms with Gasteiger partial charge in [-0.25, -0.2) is 18.2 Å². The molecule has 7 nitrogen and oxygen atoms in total. The molecule has 112 valence electrons. The second-order valence-electron chi connectivity index (χ2n) is 4.40. The van der Waals surface area contributed by atoms with Gasteiger partial charge < -0.3 is 9.67 Å². The molecule has 0 fully saturated rings. The van der Waals surface area contributed by atoms with Crippen molar-refractivity contribution in [2.75, 3.05) is 4.72 Å². The molecule has 21 heavy (non-hydrogen) atoms. The number of aryl methyl sites for hydroxylation is 2. The van der Waals surface area contributed by atoms with E-state index >= 15 is 0 Å². The summed E-state index contributed by atoms with van der Waals surface area (Å²) in [5.74, 6) is -1.00. The van der Waals surface area contributed by atoms with E-state index in [1.54, 1.807) is 13.0 Å². The van der Waals surface area contributed by atoms with Crippen molar-refractivity contribution in [3.8, 4) is 0 Å². The first-order valence-electron chi connectivity index (χ1n) is 5.75. The van der Waals surface area contributed by atoms with E-state index in [4.69, 9.17) is 5.11 Å². The Morgan fingerprint density at radius 1 is 1.43 bits per heavy atom. The van der Waals surface area contributed by atoms with Crippen molar-refractivity contribution < 1.29 is 18.3 Å². The number of nitrogens with zero attached hydrogens (tertiary/aromatic N) is 2. The van der Waals surface area contributed by atoms with Gasteiger partial charge in [0.1, 0.15) is 16.4 Å². The smallest absolute Gasteiger partial charge is 0.352 e. The Morgan fingerprint density at radius 3 is 2.62 bits per heavy atom. The Balaban J connectivity index is 2.38. The average molecular weight is 374 g/mol. The van der Waals surface area contributed by atoms with E-state index in [2.05, 4.69) is 25.6 Å². The zero-order valence-electron chi connectivity index (χ0n) is 11.2. The molecule has 0 amide bonds. The Morgan fingerprint density at radius 2 is 2.10 bits per heavy atom. The minimum absolute atomic E-state index is 0.115. The molecule has 0 saturated heterocycles. The van der Waals surface area contributed by atoms with Crippen molar-refractivity contribution in [2.24, 2.45) is 7.05 Å². The van der Waals surface area contributed by atoms with Gasteiger partial charge in [0.05, 0.1) is 0 Å². The summed E-state index contributed by atoms with van der Waals surface area (Å²) >= 11 is 3.24. The number of hydrogen-bond donors (Lipinski definition) is 2. The van der Waals surface area contributed by atoms with Crippen molar-refractivity contribution in [2.45, 2.75) is 11.8 Å². The van der Waals surface area contributed by atoms with Crippen LogP contribution in [0.5, 0.6) is 0 Å². The highest BCUT2D eigenvalue weighted by Crippen LogP contribution is 2.21. The first-order chi connectivity index (χ1) is 9.70. The monoisotopic (exact) mass is 373 g/mol. The lowest BCUT2D eigenvalue weighted by atomic mass is 10.3. The average Bonchev–Trinajstić information content (AvgIpc) is 2.76. The number of carbonyl (C=O) groups is 1. The number of carboxylic acid groups (broad SMARTS) is 1. The van der Waals surface area contributed by atoms with Gasteiger partial charge in [-0.05, 0) is 40.5 Å². The third kappa shape index (κ3) is 3.24. The second-order valence-corrected chi connectivity index (χ2v) is 7.00. The molecular formula is C12H12BrN3O4S. The Labute approximate surface area is 129 Å². The molecule has 0 aliphatic rings. The first-order valence-corrected chi connectivity index (χ1v) is 8.03. The van der Waals surface area contributed by atoms with Crippen LogP contribution in [0.4, 0.5) is 5.82 Å². The highest BCUT2D eigenvalue weighted by molar-refractivity contribution is 9.10. The number of anilines is 1. The molecule has 0 saturated carbocycles. The van der Waals surface area contributed by atoms with Gasteiger partial charge in [0.2, 0.25) is 0 Å². The number of sulfonamides is 1. The molecule has 0 bridgehead atoms. The summed E-state index contributed by atoms with van der Waals surface area (Å²) in [6, 6.07) is 2.82. The summed E-state index contributed by atoms with van der Waals surface area (Å²) < 4.78 is 28.8. The minimum Gasteiger partial charge on any atom is -0.477 e. The number of halogens is 1. The van der Waals surface area contributed by atoms with Gasteiger partial charge in [-0.2, -0.15) is 0 Å². The van der Waals surface area contributed by atoms with Crippen LogP contribution >= 0.6 is 15.9 Å². The number of hydrogen-bond acceptors (Lipinski definition) is 4. The van der Waals surface area contributed by atoms with Gasteiger partial charge >= 0.3 is 5.97 Å². The molecule has 0 aliphatic heterocycles. The third-order valence-electron chi connectivity index (χ3n) is 2.79. The molecule has 0 spiro atoms. The summed E-state index contributed by atoms with van der Waals surface area (Å²) in [5, 5.41) is 8.96. The Bertz CT molecular complexity index is 814. The lowest BCUT2D eigenvalue weighted by molar-refractivity contribution is 0.0686. The van der Waals surface area contributed by atoms with Crippen LogP contribution in [0, 0.1) is 6.92 Å². The predicted octanol–water partition coefficient (Wildman–Crippen LogP) is 1.99. The quantitative estimate of drug-likeness (QED) is 0.852. The molecular weight excluding hydrogens is 362 g/mol. The fourth-order valence-corrected chi connectivity index (χ4v) is 3.32. The number of aromatic carboxylic acids is 1. The van der Waals surface area contributed by atoms with Crippen LogP contribution in [-0.4, -0.2) is 29.0 Å². The van der Waals surface area contributed by atoms with Crippen molar-refractivity contribution in [3.63, 3.8) is 0 Å². The maximum atomic E-state index is 12.3. The van der Waals surface area contributed by atoms with E-state index in [1.165, 1.54) is 24.0 Å². The van der Waals surface area contributed by atoms with Crippen LogP contribution in [0.3, 0.4) is 0 Å². The molecule has 0 radical (unpaired) electrons. The molecule has 0 aliphatic carbocycles. The maximum Gasteiger partial charge on any atom is 0.352 e. The van der Waals surface area contributed by atoms with Gasteiger partial charge in [-0.3, -0.25) is 4.72 Å². The molecule has 9 heteroatoms. The maximum absolute atomic E-state index is 12.3. The normalized spacial score (nSPS) is 11.4. The molecule has 2 rings (SSSR count). The summed E-state index contributed by atoms with van der Waals surface area (Å²) in [7, 11) is -2.43. The highest BCUT2D eigenvalue weighted by Gasteiger charge is 2.21. The van der Waals surface area contributed by atoms with Crippen LogP contribution in [0.25, 0.3) is 0 Å². The number of aromatic nitrogens is 2. The minimum atomic E-state index is -3.90. The van der Waals surface area contributed by atoms with Crippen LogP contribution in [0.2, 0.25) is 0 Å². The van der Waals surface area contributed by atoms with Crippen molar-refractivity contribution >= 4 is 37.7 Å². The molecule has 0 unspecified atom stereocenters. The SMILES string of the molecule is Cc1cc(Br)cnc1NS(=O)(=O)c1cc(C(=O)O)n(C)c1. The molecule has 2 aromatic heterocycles. The highest BCUT2D eigenvalue weighted by atomic mass is 79.9. The fraction of sp³-hybridized carbons (Fsp3) is 0.167. The van der Waals surface area contributed by atoms with Crippen LogP contribution in [0.15, 0.2) is 33.9 Å². The third-order valence-corrected chi connectivity index (χ3v) is 4.52. The standard InChI is InChI=1S/C12H12BrN3O4S/c1-7-3-8(13)5-14-11(7)15-21(19,20)9-4-10(12(17)18)16(2)6-9/h3-6H,1-2H3,(H,14,15)(H,17,18). The summed E-state index contributed by atoms with van der Waals surface area (Å²) in [4.78, 5) is 14.8. The lowest BCUT2D eigenvalue weighted by Crippen LogP contribution is -2.14. The van der Waals surface area contributed by atoms with Gasteiger partial charge in [-0.1, -0.05) is 0 Å². The van der Waals surface area contributed by atoms with E-state index in [9.17, 15) is 13.2 Å². The van der Waals surface area contributed by atoms with Gasteiger partial charge in [0.25, 0.3) is 10.0 Å². The number of pyridine rings is 1. The summed E-state index contributed by atoms with van der Waals surface area (Å²) in [5.41, 5.74) is 0.526. The Hall–Kier alpha value is -1.87. The van der Waals surface area contributed by atoms with Crippen molar-refractivity contribution in [1.82, 2.24) is 9.55 Å². The zero-order chi connectivity index (χ0) is 15.8. The molecule has 2 aromatic rings. The fourth-order valence-electron chi connectivity index (χ4n) is 1.73. The van der Waals surface area contributed by atoms with Crippen LogP contribution < -0.4 is 4.72 Å². The number of carboxylic acids is 1. The van der Waals surface area contributed by atoms with E-state index in [1.807, 2.05) is 0 Å². The van der Waals surface area contributed by atoms with E-state index in [0.717, 1.165) is 10.5 Å². The zero-order valence-corrected chi connectivity index (χ0v) is 13.6. The summed E-state index contributed by atoms with van der Waals surface area (Å²) in [6.45, 7) is 1.71. The molecule has 0 aromatic carbocycles.